The first-order valence-electron chi connectivity index (χ1n) is 5.70. The Hall–Kier alpha value is -0.870. The van der Waals surface area contributed by atoms with Crippen molar-refractivity contribution < 1.29 is 0 Å². The highest BCUT2D eigenvalue weighted by Gasteiger charge is 2.10. The van der Waals surface area contributed by atoms with E-state index in [4.69, 9.17) is 0 Å². The Kier molecular flexibility index (Phi) is 4.40. The minimum Gasteiger partial charge on any atom is -0.377 e. The van der Waals surface area contributed by atoms with Gasteiger partial charge in [-0.2, -0.15) is 0 Å². The maximum atomic E-state index is 4.15. The van der Waals surface area contributed by atoms with E-state index in [0.717, 1.165) is 14.6 Å². The van der Waals surface area contributed by atoms with Gasteiger partial charge in [0.05, 0.1) is 11.9 Å². The van der Waals surface area contributed by atoms with Crippen LogP contribution < -0.4 is 5.32 Å². The highest BCUT2D eigenvalue weighted by Crippen LogP contribution is 2.29. The van der Waals surface area contributed by atoms with Crippen LogP contribution in [0.1, 0.15) is 24.1 Å². The number of benzene rings is 1. The van der Waals surface area contributed by atoms with Gasteiger partial charge in [0.2, 0.25) is 0 Å². The van der Waals surface area contributed by atoms with Crippen LogP contribution in [0.4, 0.5) is 5.69 Å². The lowest BCUT2D eigenvalue weighted by atomic mass is 10.1. The van der Waals surface area contributed by atoms with Gasteiger partial charge in [-0.3, -0.25) is 4.98 Å². The van der Waals surface area contributed by atoms with Crippen molar-refractivity contribution >= 4 is 37.5 Å². The lowest BCUT2D eigenvalue weighted by molar-refractivity contribution is 0.874. The Morgan fingerprint density at radius 3 is 2.67 bits per heavy atom. The second-order valence-electron chi connectivity index (χ2n) is 4.22. The average Bonchev–Trinajstić information content (AvgIpc) is 2.32. The SMILES string of the molecule is Cc1ccncc1NC(C)c1ccc(Br)cc1Br. The number of nitrogens with zero attached hydrogens (tertiary/aromatic N) is 1. The quantitative estimate of drug-likeness (QED) is 0.815. The summed E-state index contributed by atoms with van der Waals surface area (Å²) < 4.78 is 2.17. The van der Waals surface area contributed by atoms with E-state index in [1.165, 1.54) is 11.1 Å². The van der Waals surface area contributed by atoms with Gasteiger partial charge in [0.15, 0.2) is 0 Å². The van der Waals surface area contributed by atoms with Gasteiger partial charge >= 0.3 is 0 Å². The average molecular weight is 370 g/mol. The molecule has 4 heteroatoms. The summed E-state index contributed by atoms with van der Waals surface area (Å²) in [7, 11) is 0. The van der Waals surface area contributed by atoms with Gasteiger partial charge < -0.3 is 5.32 Å². The summed E-state index contributed by atoms with van der Waals surface area (Å²) in [5, 5.41) is 3.48. The third-order valence-corrected chi connectivity index (χ3v) is 4.02. The topological polar surface area (TPSA) is 24.9 Å². The molecule has 0 aliphatic rings. The number of nitrogens with one attached hydrogen (secondary N) is 1. The maximum absolute atomic E-state index is 4.15. The van der Waals surface area contributed by atoms with E-state index in [-0.39, 0.29) is 6.04 Å². The van der Waals surface area contributed by atoms with Crippen molar-refractivity contribution in [3.63, 3.8) is 0 Å². The first-order chi connectivity index (χ1) is 8.58. The summed E-state index contributed by atoms with van der Waals surface area (Å²) in [6, 6.07) is 8.44. The Morgan fingerprint density at radius 1 is 1.22 bits per heavy atom. The van der Waals surface area contributed by atoms with Gasteiger partial charge in [-0.1, -0.05) is 37.9 Å². The Balaban J connectivity index is 2.22. The molecule has 1 aromatic heterocycles. The second-order valence-corrected chi connectivity index (χ2v) is 5.99. The van der Waals surface area contributed by atoms with Crippen molar-refractivity contribution in [1.82, 2.24) is 4.98 Å². The van der Waals surface area contributed by atoms with Gasteiger partial charge in [0, 0.05) is 21.2 Å². The smallest absolute Gasteiger partial charge is 0.0561 e. The van der Waals surface area contributed by atoms with Crippen molar-refractivity contribution in [2.24, 2.45) is 0 Å². The Bertz CT molecular complexity index is 555. The molecule has 1 heterocycles. The molecule has 0 aliphatic heterocycles. The minimum absolute atomic E-state index is 0.218. The molecule has 2 nitrogen and oxygen atoms in total. The molecule has 0 fully saturated rings. The predicted molar refractivity (Wildman–Crippen MR) is 82.9 cm³/mol. The number of halogens is 2. The van der Waals surface area contributed by atoms with Crippen LogP contribution in [0.15, 0.2) is 45.6 Å². The van der Waals surface area contributed by atoms with E-state index in [9.17, 15) is 0 Å². The summed E-state index contributed by atoms with van der Waals surface area (Å²) in [5.41, 5.74) is 3.49. The number of hydrogen-bond acceptors (Lipinski definition) is 2. The molecule has 2 aromatic rings. The maximum Gasteiger partial charge on any atom is 0.0561 e. The number of pyridine rings is 1. The van der Waals surface area contributed by atoms with E-state index in [0.29, 0.717) is 0 Å². The summed E-state index contributed by atoms with van der Waals surface area (Å²) in [4.78, 5) is 4.15. The first-order valence-corrected chi connectivity index (χ1v) is 7.28. The summed E-state index contributed by atoms with van der Waals surface area (Å²) in [6.07, 6.45) is 3.67. The number of anilines is 1. The van der Waals surface area contributed by atoms with Crippen LogP contribution in [0.3, 0.4) is 0 Å². The molecule has 1 atom stereocenters. The van der Waals surface area contributed by atoms with E-state index >= 15 is 0 Å². The molecular weight excluding hydrogens is 356 g/mol. The third-order valence-electron chi connectivity index (χ3n) is 2.84. The fourth-order valence-corrected chi connectivity index (χ4v) is 3.17. The van der Waals surface area contributed by atoms with Gasteiger partial charge in [-0.25, -0.2) is 0 Å². The fraction of sp³-hybridized carbons (Fsp3) is 0.214. The highest BCUT2D eigenvalue weighted by molar-refractivity contribution is 9.11. The molecule has 0 radical (unpaired) electrons. The normalized spacial score (nSPS) is 12.2. The van der Waals surface area contributed by atoms with Crippen LogP contribution in [-0.2, 0) is 0 Å². The van der Waals surface area contributed by atoms with E-state index in [2.05, 4.69) is 68.1 Å². The molecule has 0 spiro atoms. The van der Waals surface area contributed by atoms with E-state index in [1.54, 1.807) is 6.20 Å². The molecule has 2 rings (SSSR count). The number of aryl methyl sites for hydroxylation is 1. The molecule has 1 N–H and O–H groups in total. The lowest BCUT2D eigenvalue weighted by Gasteiger charge is -2.18. The third kappa shape index (κ3) is 3.12. The monoisotopic (exact) mass is 368 g/mol. The number of hydrogen-bond donors (Lipinski definition) is 1. The van der Waals surface area contributed by atoms with Gasteiger partial charge in [0.1, 0.15) is 0 Å². The first kappa shape index (κ1) is 13.6. The van der Waals surface area contributed by atoms with Crippen LogP contribution >= 0.6 is 31.9 Å². The zero-order valence-corrected chi connectivity index (χ0v) is 13.4. The van der Waals surface area contributed by atoms with E-state index in [1.807, 2.05) is 18.3 Å². The van der Waals surface area contributed by atoms with Crippen LogP contribution in [0.5, 0.6) is 0 Å². The molecule has 0 saturated carbocycles. The van der Waals surface area contributed by atoms with E-state index < -0.39 is 0 Å². The van der Waals surface area contributed by atoms with Gasteiger partial charge in [0.25, 0.3) is 0 Å². The van der Waals surface area contributed by atoms with Crippen molar-refractivity contribution in [2.75, 3.05) is 5.32 Å². The number of rotatable bonds is 3. The lowest BCUT2D eigenvalue weighted by Crippen LogP contribution is -2.08. The predicted octanol–water partition coefficient (Wildman–Crippen LogP) is 5.09. The zero-order chi connectivity index (χ0) is 13.1. The zero-order valence-electron chi connectivity index (χ0n) is 10.2. The van der Waals surface area contributed by atoms with Crippen LogP contribution in [0, 0.1) is 6.92 Å². The van der Waals surface area contributed by atoms with Crippen LogP contribution in [-0.4, -0.2) is 4.98 Å². The largest absolute Gasteiger partial charge is 0.377 e. The standard InChI is InChI=1S/C14H14Br2N2/c1-9-5-6-17-8-14(9)18-10(2)12-4-3-11(15)7-13(12)16/h3-8,10,18H,1-2H3. The molecule has 1 aromatic carbocycles. The van der Waals surface area contributed by atoms with Gasteiger partial charge in [-0.15, -0.1) is 0 Å². The van der Waals surface area contributed by atoms with Gasteiger partial charge in [-0.05, 0) is 43.2 Å². The molecule has 0 saturated heterocycles. The Morgan fingerprint density at radius 2 is 2.00 bits per heavy atom. The van der Waals surface area contributed by atoms with Crippen molar-refractivity contribution in [1.29, 1.82) is 0 Å². The van der Waals surface area contributed by atoms with Crippen molar-refractivity contribution in [2.45, 2.75) is 19.9 Å². The Labute approximate surface area is 124 Å². The summed E-state index contributed by atoms with van der Waals surface area (Å²) in [6.45, 7) is 4.22. The van der Waals surface area contributed by atoms with Crippen molar-refractivity contribution in [3.8, 4) is 0 Å². The molecule has 0 aliphatic carbocycles. The molecule has 94 valence electrons. The van der Waals surface area contributed by atoms with Crippen LogP contribution in [0.2, 0.25) is 0 Å². The molecule has 0 bridgehead atoms. The summed E-state index contributed by atoms with van der Waals surface area (Å²) in [5.74, 6) is 0. The highest BCUT2D eigenvalue weighted by atomic mass is 79.9. The molecule has 18 heavy (non-hydrogen) atoms. The molecular formula is C14H14Br2N2. The summed E-state index contributed by atoms with van der Waals surface area (Å²) >= 11 is 7.06. The second kappa shape index (κ2) is 5.85. The fourth-order valence-electron chi connectivity index (χ4n) is 1.78. The molecule has 1 unspecified atom stereocenters. The molecule has 0 amide bonds. The van der Waals surface area contributed by atoms with Crippen molar-refractivity contribution in [3.05, 3.63) is 56.7 Å². The number of aromatic nitrogens is 1. The van der Waals surface area contributed by atoms with Crippen LogP contribution in [0.25, 0.3) is 0 Å². The minimum atomic E-state index is 0.218.